The van der Waals surface area contributed by atoms with Crippen LogP contribution in [0, 0.1) is 0 Å². The number of amides is 3. The molecule has 2 heterocycles. The number of hydrogen-bond acceptors (Lipinski definition) is 7. The number of benzene rings is 1. The van der Waals surface area contributed by atoms with Crippen LogP contribution in [0.25, 0.3) is 0 Å². The Morgan fingerprint density at radius 1 is 1.06 bits per heavy atom. The topological polar surface area (TPSA) is 116 Å². The van der Waals surface area contributed by atoms with Crippen LogP contribution < -0.4 is 21.3 Å². The average molecular weight is 444 g/mol. The van der Waals surface area contributed by atoms with Crippen LogP contribution in [0.5, 0.6) is 0 Å². The molecule has 9 nitrogen and oxygen atoms in total. The van der Waals surface area contributed by atoms with Crippen LogP contribution in [0.3, 0.4) is 0 Å². The number of anilines is 2. The minimum atomic E-state index is -0.328. The van der Waals surface area contributed by atoms with Crippen LogP contribution in [0.4, 0.5) is 16.4 Å². The molecule has 10 heteroatoms. The maximum Gasteiger partial charge on any atom is 0.319 e. The molecule has 1 aromatic heterocycles. The largest absolute Gasteiger partial charge is 0.370 e. The molecule has 1 aliphatic rings. The van der Waals surface area contributed by atoms with E-state index >= 15 is 0 Å². The van der Waals surface area contributed by atoms with Gasteiger partial charge in [-0.25, -0.2) is 14.8 Å². The van der Waals surface area contributed by atoms with Crippen molar-refractivity contribution in [1.82, 2.24) is 20.2 Å². The number of thioether (sulfide) groups is 1. The highest BCUT2D eigenvalue weighted by molar-refractivity contribution is 7.99. The van der Waals surface area contributed by atoms with Crippen molar-refractivity contribution >= 4 is 35.3 Å². The van der Waals surface area contributed by atoms with Gasteiger partial charge in [0.05, 0.1) is 5.69 Å². The van der Waals surface area contributed by atoms with Crippen LogP contribution in [0.15, 0.2) is 47.6 Å². The van der Waals surface area contributed by atoms with Crippen LogP contribution in [0.2, 0.25) is 0 Å². The molecule has 0 radical (unpaired) electrons. The van der Waals surface area contributed by atoms with Crippen LogP contribution in [-0.4, -0.2) is 71.8 Å². The number of piperazine rings is 1. The SMILES string of the molecule is NC(=O)CCSc1ccccc1NC(=O)NCCCN1CCN(c2ncccn2)CC1. The second-order valence-electron chi connectivity index (χ2n) is 7.17. The Labute approximate surface area is 186 Å². The molecule has 166 valence electrons. The highest BCUT2D eigenvalue weighted by Crippen LogP contribution is 2.27. The first-order chi connectivity index (χ1) is 15.1. The van der Waals surface area contributed by atoms with Gasteiger partial charge in [-0.2, -0.15) is 0 Å². The molecule has 4 N–H and O–H groups in total. The third-order valence-electron chi connectivity index (χ3n) is 4.89. The molecule has 2 aromatic rings. The fraction of sp³-hybridized carbons (Fsp3) is 0.429. The zero-order chi connectivity index (χ0) is 21.9. The van der Waals surface area contributed by atoms with Gasteiger partial charge in [0.25, 0.3) is 0 Å². The lowest BCUT2D eigenvalue weighted by Crippen LogP contribution is -2.47. The molecule has 0 atom stereocenters. The normalized spacial score (nSPS) is 14.3. The number of nitrogens with two attached hydrogens (primary N) is 1. The highest BCUT2D eigenvalue weighted by Gasteiger charge is 2.18. The van der Waals surface area contributed by atoms with Gasteiger partial charge >= 0.3 is 6.03 Å². The average Bonchev–Trinajstić information content (AvgIpc) is 2.79. The van der Waals surface area contributed by atoms with Crippen molar-refractivity contribution < 1.29 is 9.59 Å². The van der Waals surface area contributed by atoms with Gasteiger partial charge in [-0.15, -0.1) is 11.8 Å². The fourth-order valence-electron chi connectivity index (χ4n) is 3.25. The van der Waals surface area contributed by atoms with Crippen LogP contribution in [0.1, 0.15) is 12.8 Å². The van der Waals surface area contributed by atoms with E-state index in [0.29, 0.717) is 18.7 Å². The molecule has 1 aromatic carbocycles. The molecule has 0 saturated carbocycles. The number of nitrogens with zero attached hydrogens (tertiary/aromatic N) is 4. The number of carbonyl (C=O) groups excluding carboxylic acids is 2. The van der Waals surface area contributed by atoms with Crippen LogP contribution >= 0.6 is 11.8 Å². The van der Waals surface area contributed by atoms with E-state index in [-0.39, 0.29) is 11.9 Å². The number of carbonyl (C=O) groups is 2. The minimum Gasteiger partial charge on any atom is -0.370 e. The molecule has 31 heavy (non-hydrogen) atoms. The Kier molecular flexibility index (Phi) is 8.92. The molecule has 0 unspecified atom stereocenters. The summed E-state index contributed by atoms with van der Waals surface area (Å²) >= 11 is 1.50. The minimum absolute atomic E-state index is 0.228. The Hall–Kier alpha value is -2.85. The number of nitrogens with one attached hydrogen (secondary N) is 2. The molecule has 3 amide bonds. The summed E-state index contributed by atoms with van der Waals surface area (Å²) in [4.78, 5) is 37.3. The van der Waals surface area contributed by atoms with Gasteiger partial charge in [0.15, 0.2) is 0 Å². The number of urea groups is 1. The molecule has 3 rings (SSSR count). The van der Waals surface area contributed by atoms with E-state index in [1.165, 1.54) is 11.8 Å². The first-order valence-electron chi connectivity index (χ1n) is 10.4. The van der Waals surface area contributed by atoms with Gasteiger partial charge < -0.3 is 21.3 Å². The number of rotatable bonds is 10. The van der Waals surface area contributed by atoms with Crippen molar-refractivity contribution in [2.24, 2.45) is 5.73 Å². The van der Waals surface area contributed by atoms with Gasteiger partial charge in [-0.1, -0.05) is 12.1 Å². The Balaban J connectivity index is 1.33. The third kappa shape index (κ3) is 7.72. The van der Waals surface area contributed by atoms with Crippen molar-refractivity contribution in [2.45, 2.75) is 17.7 Å². The smallest absolute Gasteiger partial charge is 0.319 e. The summed E-state index contributed by atoms with van der Waals surface area (Å²) in [6, 6.07) is 9.13. The highest BCUT2D eigenvalue weighted by atomic mass is 32.2. The zero-order valence-electron chi connectivity index (χ0n) is 17.5. The van der Waals surface area contributed by atoms with E-state index in [1.807, 2.05) is 30.3 Å². The van der Waals surface area contributed by atoms with E-state index in [1.54, 1.807) is 12.4 Å². The van der Waals surface area contributed by atoms with Crippen molar-refractivity contribution in [2.75, 3.05) is 55.2 Å². The fourth-order valence-corrected chi connectivity index (χ4v) is 4.23. The third-order valence-corrected chi connectivity index (χ3v) is 5.96. The monoisotopic (exact) mass is 443 g/mol. The Morgan fingerprint density at radius 3 is 2.55 bits per heavy atom. The Morgan fingerprint density at radius 2 is 1.81 bits per heavy atom. The quantitative estimate of drug-likeness (QED) is 0.378. The van der Waals surface area contributed by atoms with Crippen molar-refractivity contribution in [3.8, 4) is 0 Å². The summed E-state index contributed by atoms with van der Waals surface area (Å²) in [5.74, 6) is 1.04. The number of aromatic nitrogens is 2. The summed E-state index contributed by atoms with van der Waals surface area (Å²) < 4.78 is 0. The molecule has 0 aliphatic carbocycles. The van der Waals surface area contributed by atoms with E-state index in [2.05, 4.69) is 30.4 Å². The first kappa shape index (κ1) is 22.8. The number of para-hydroxylation sites is 1. The maximum absolute atomic E-state index is 12.3. The molecule has 1 aliphatic heterocycles. The van der Waals surface area contributed by atoms with Gasteiger partial charge in [0, 0.05) is 62.2 Å². The van der Waals surface area contributed by atoms with E-state index < -0.39 is 0 Å². The lowest BCUT2D eigenvalue weighted by molar-refractivity contribution is -0.117. The first-order valence-corrected chi connectivity index (χ1v) is 11.4. The lowest BCUT2D eigenvalue weighted by Gasteiger charge is -2.34. The van der Waals surface area contributed by atoms with Gasteiger partial charge in [-0.3, -0.25) is 9.69 Å². The number of hydrogen-bond donors (Lipinski definition) is 3. The summed E-state index contributed by atoms with van der Waals surface area (Å²) in [7, 11) is 0. The lowest BCUT2D eigenvalue weighted by atomic mass is 10.3. The van der Waals surface area contributed by atoms with Crippen molar-refractivity contribution in [3.63, 3.8) is 0 Å². The number of primary amides is 1. The molecule has 1 saturated heterocycles. The summed E-state index contributed by atoms with van der Waals surface area (Å²) in [6.45, 7) is 5.26. The zero-order valence-corrected chi connectivity index (χ0v) is 18.3. The van der Waals surface area contributed by atoms with Crippen molar-refractivity contribution in [1.29, 1.82) is 0 Å². The molecule has 0 spiro atoms. The summed E-state index contributed by atoms with van der Waals surface area (Å²) in [5.41, 5.74) is 5.92. The van der Waals surface area contributed by atoms with Crippen LogP contribution in [-0.2, 0) is 4.79 Å². The predicted molar refractivity (Wildman–Crippen MR) is 123 cm³/mol. The van der Waals surface area contributed by atoms with Gasteiger partial charge in [0.2, 0.25) is 11.9 Å². The predicted octanol–water partition coefficient (Wildman–Crippen LogP) is 1.78. The van der Waals surface area contributed by atoms with E-state index in [9.17, 15) is 9.59 Å². The molecule has 1 fully saturated rings. The van der Waals surface area contributed by atoms with E-state index in [4.69, 9.17) is 5.73 Å². The van der Waals surface area contributed by atoms with Gasteiger partial charge in [0.1, 0.15) is 0 Å². The molecule has 0 bridgehead atoms. The second-order valence-corrected chi connectivity index (χ2v) is 8.31. The Bertz CT molecular complexity index is 845. The standard InChI is InChI=1S/C21H29N7O2S/c22-19(29)7-16-31-18-6-2-1-5-17(18)26-21(30)25-10-4-11-27-12-14-28(15-13-27)20-23-8-3-9-24-20/h1-3,5-6,8-9H,4,7,10-16H2,(H2,22,29)(H2,25,26,30). The summed E-state index contributed by atoms with van der Waals surface area (Å²) in [5, 5.41) is 5.81. The van der Waals surface area contributed by atoms with Gasteiger partial charge in [-0.05, 0) is 31.2 Å². The summed E-state index contributed by atoms with van der Waals surface area (Å²) in [6.07, 6.45) is 4.72. The second kappa shape index (κ2) is 12.1. The van der Waals surface area contributed by atoms with Crippen molar-refractivity contribution in [3.05, 3.63) is 42.7 Å². The molecular formula is C21H29N7O2S. The molecular weight excluding hydrogens is 414 g/mol. The maximum atomic E-state index is 12.3. The van der Waals surface area contributed by atoms with E-state index in [0.717, 1.165) is 55.7 Å².